The molecule has 0 radical (unpaired) electrons. The van der Waals surface area contributed by atoms with Gasteiger partial charge in [-0.15, -0.1) is 0 Å². The molecule has 6 heteroatoms. The lowest BCUT2D eigenvalue weighted by atomic mass is 9.98. The van der Waals surface area contributed by atoms with Crippen LogP contribution in [0.5, 0.6) is 0 Å². The number of hydrogen-bond donors (Lipinski definition) is 1. The fourth-order valence-corrected chi connectivity index (χ4v) is 1.42. The van der Waals surface area contributed by atoms with Crippen LogP contribution in [0.15, 0.2) is 24.3 Å². The molecule has 0 aliphatic heterocycles. The zero-order valence-corrected chi connectivity index (χ0v) is 8.25. The molecule has 0 bridgehead atoms. The number of carboxylic acid groups (broad SMARTS) is 1. The van der Waals surface area contributed by atoms with E-state index in [1.165, 1.54) is 18.2 Å². The fraction of sp³-hybridized carbons (Fsp3) is 0.300. The number of halogens is 3. The first kappa shape index (κ1) is 12.5. The summed E-state index contributed by atoms with van der Waals surface area (Å²) in [6.45, 7) is 0. The van der Waals surface area contributed by atoms with Crippen LogP contribution in [0.2, 0.25) is 0 Å². The molecular formula is C10H10F3NO2. The van der Waals surface area contributed by atoms with E-state index in [1.807, 2.05) is 0 Å². The van der Waals surface area contributed by atoms with Gasteiger partial charge in [-0.05, 0) is 6.07 Å². The number of carbonyl (C=O) groups is 1. The lowest BCUT2D eigenvalue weighted by molar-refractivity contribution is -0.431. The second-order valence-corrected chi connectivity index (χ2v) is 3.36. The molecule has 0 spiro atoms. The van der Waals surface area contributed by atoms with E-state index < -0.39 is 30.2 Å². The van der Waals surface area contributed by atoms with Gasteiger partial charge in [-0.2, -0.15) is 13.2 Å². The number of carboxylic acids is 1. The third kappa shape index (κ3) is 2.96. The van der Waals surface area contributed by atoms with Crippen LogP contribution < -0.4 is 10.8 Å². The fourth-order valence-electron chi connectivity index (χ4n) is 1.42. The molecule has 0 amide bonds. The summed E-state index contributed by atoms with van der Waals surface area (Å²) in [6, 6.07) is 3.82. The minimum atomic E-state index is -4.50. The van der Waals surface area contributed by atoms with Crippen molar-refractivity contribution in [1.29, 1.82) is 0 Å². The molecule has 0 saturated carbocycles. The van der Waals surface area contributed by atoms with Crippen molar-refractivity contribution in [1.82, 2.24) is 0 Å². The number of hydrogen-bond acceptors (Lipinski definition) is 2. The third-order valence-electron chi connectivity index (χ3n) is 2.12. The molecule has 0 fully saturated rings. The third-order valence-corrected chi connectivity index (χ3v) is 2.12. The van der Waals surface area contributed by atoms with Gasteiger partial charge in [0.25, 0.3) is 0 Å². The monoisotopic (exact) mass is 233 g/mol. The summed E-state index contributed by atoms with van der Waals surface area (Å²) in [5.74, 6) is -1.42. The van der Waals surface area contributed by atoms with Crippen LogP contribution in [0.25, 0.3) is 0 Å². The minimum Gasteiger partial charge on any atom is -0.550 e. The van der Waals surface area contributed by atoms with Gasteiger partial charge in [0.2, 0.25) is 0 Å². The van der Waals surface area contributed by atoms with Gasteiger partial charge in [-0.25, -0.2) is 0 Å². The molecule has 3 N–H and O–H groups in total. The van der Waals surface area contributed by atoms with E-state index in [0.29, 0.717) is 0 Å². The molecule has 0 aliphatic carbocycles. The highest BCUT2D eigenvalue weighted by molar-refractivity contribution is 5.65. The molecule has 16 heavy (non-hydrogen) atoms. The SMILES string of the molecule is [NH3+][C@H](CC(=O)[O-])c1ccccc1C(F)(F)F. The Morgan fingerprint density at radius 3 is 2.44 bits per heavy atom. The predicted octanol–water partition coefficient (Wildman–Crippen LogP) is 0.128. The van der Waals surface area contributed by atoms with Crippen molar-refractivity contribution in [3.8, 4) is 0 Å². The molecule has 1 aromatic carbocycles. The van der Waals surface area contributed by atoms with Crippen molar-refractivity contribution in [2.24, 2.45) is 0 Å². The zero-order chi connectivity index (χ0) is 12.3. The molecular weight excluding hydrogens is 223 g/mol. The Kier molecular flexibility index (Phi) is 3.54. The molecule has 0 saturated heterocycles. The summed E-state index contributed by atoms with van der Waals surface area (Å²) in [5.41, 5.74) is 2.43. The number of aliphatic carboxylic acids is 1. The van der Waals surface area contributed by atoms with Crippen LogP contribution >= 0.6 is 0 Å². The Hall–Kier alpha value is -1.56. The molecule has 0 heterocycles. The first-order chi connectivity index (χ1) is 7.32. The highest BCUT2D eigenvalue weighted by atomic mass is 19.4. The van der Waals surface area contributed by atoms with Crippen LogP contribution in [-0.4, -0.2) is 5.97 Å². The van der Waals surface area contributed by atoms with Gasteiger partial charge < -0.3 is 15.6 Å². The standard InChI is InChI=1S/C10H10F3NO2/c11-10(12,13)7-4-2-1-3-6(7)8(14)5-9(15)16/h1-4,8H,5,14H2,(H,15,16)/t8-/m1/s1. The van der Waals surface area contributed by atoms with Gasteiger partial charge in [0.15, 0.2) is 0 Å². The van der Waals surface area contributed by atoms with Crippen molar-refractivity contribution >= 4 is 5.97 Å². The average Bonchev–Trinajstić information content (AvgIpc) is 2.15. The molecule has 88 valence electrons. The smallest absolute Gasteiger partial charge is 0.416 e. The Labute approximate surface area is 89.7 Å². The zero-order valence-electron chi connectivity index (χ0n) is 8.25. The topological polar surface area (TPSA) is 67.8 Å². The van der Waals surface area contributed by atoms with E-state index in [0.717, 1.165) is 6.07 Å². The van der Waals surface area contributed by atoms with Crippen LogP contribution in [0.4, 0.5) is 13.2 Å². The number of carbonyl (C=O) groups excluding carboxylic acids is 1. The van der Waals surface area contributed by atoms with Crippen molar-refractivity contribution in [3.63, 3.8) is 0 Å². The Bertz CT molecular complexity index is 390. The molecule has 3 nitrogen and oxygen atoms in total. The maximum absolute atomic E-state index is 12.6. The highest BCUT2D eigenvalue weighted by Gasteiger charge is 2.35. The Balaban J connectivity index is 3.08. The summed E-state index contributed by atoms with van der Waals surface area (Å²) in [7, 11) is 0. The second-order valence-electron chi connectivity index (χ2n) is 3.36. The second kappa shape index (κ2) is 4.52. The number of alkyl halides is 3. The highest BCUT2D eigenvalue weighted by Crippen LogP contribution is 2.33. The number of rotatable bonds is 3. The summed E-state index contributed by atoms with van der Waals surface area (Å²) in [4.78, 5) is 10.3. The molecule has 1 atom stereocenters. The first-order valence-electron chi connectivity index (χ1n) is 4.51. The normalized spacial score (nSPS) is 13.5. The van der Waals surface area contributed by atoms with E-state index in [1.54, 1.807) is 0 Å². The largest absolute Gasteiger partial charge is 0.550 e. The van der Waals surface area contributed by atoms with Gasteiger partial charge in [0.05, 0.1) is 5.56 Å². The van der Waals surface area contributed by atoms with Gasteiger partial charge in [0.1, 0.15) is 6.04 Å². The van der Waals surface area contributed by atoms with E-state index in [-0.39, 0.29) is 5.56 Å². The van der Waals surface area contributed by atoms with E-state index >= 15 is 0 Å². The predicted molar refractivity (Wildman–Crippen MR) is 46.7 cm³/mol. The van der Waals surface area contributed by atoms with Crippen LogP contribution in [0, 0.1) is 0 Å². The first-order valence-corrected chi connectivity index (χ1v) is 4.51. The molecule has 0 aromatic heterocycles. The molecule has 0 aliphatic rings. The van der Waals surface area contributed by atoms with Gasteiger partial charge in [-0.1, -0.05) is 18.2 Å². The maximum atomic E-state index is 12.6. The van der Waals surface area contributed by atoms with Crippen LogP contribution in [0.3, 0.4) is 0 Å². The van der Waals surface area contributed by atoms with Gasteiger partial charge in [-0.3, -0.25) is 0 Å². The quantitative estimate of drug-likeness (QED) is 0.806. The Morgan fingerprint density at radius 1 is 1.38 bits per heavy atom. The Morgan fingerprint density at radius 2 is 1.94 bits per heavy atom. The number of quaternary nitrogens is 1. The lowest BCUT2D eigenvalue weighted by Crippen LogP contribution is -2.55. The summed E-state index contributed by atoms with van der Waals surface area (Å²) < 4.78 is 37.7. The molecule has 1 rings (SSSR count). The maximum Gasteiger partial charge on any atom is 0.416 e. The molecule has 1 aromatic rings. The lowest BCUT2D eigenvalue weighted by Gasteiger charge is -2.16. The summed E-state index contributed by atoms with van der Waals surface area (Å²) >= 11 is 0. The van der Waals surface area contributed by atoms with E-state index in [2.05, 4.69) is 5.73 Å². The minimum absolute atomic E-state index is 0.126. The van der Waals surface area contributed by atoms with Crippen molar-refractivity contribution in [2.75, 3.05) is 0 Å². The van der Waals surface area contributed by atoms with Crippen LogP contribution in [-0.2, 0) is 11.0 Å². The van der Waals surface area contributed by atoms with Crippen molar-refractivity contribution in [3.05, 3.63) is 35.4 Å². The number of benzene rings is 1. The molecule has 0 unspecified atom stereocenters. The van der Waals surface area contributed by atoms with E-state index in [4.69, 9.17) is 0 Å². The average molecular weight is 233 g/mol. The van der Waals surface area contributed by atoms with Gasteiger partial charge >= 0.3 is 6.18 Å². The van der Waals surface area contributed by atoms with Crippen LogP contribution in [0.1, 0.15) is 23.6 Å². The summed E-state index contributed by atoms with van der Waals surface area (Å²) in [5, 5.41) is 10.3. The van der Waals surface area contributed by atoms with Crippen molar-refractivity contribution in [2.45, 2.75) is 18.6 Å². The van der Waals surface area contributed by atoms with E-state index in [9.17, 15) is 23.1 Å². The van der Waals surface area contributed by atoms with Crippen molar-refractivity contribution < 1.29 is 28.8 Å². The summed E-state index contributed by atoms with van der Waals surface area (Å²) in [6.07, 6.45) is -5.04. The van der Waals surface area contributed by atoms with Gasteiger partial charge in [0, 0.05) is 18.0 Å².